The quantitative estimate of drug-likeness (QED) is 0.357. The van der Waals surface area contributed by atoms with Crippen LogP contribution in [0.4, 0.5) is 16.2 Å². The Morgan fingerprint density at radius 1 is 1.06 bits per heavy atom. The number of nitrogens with one attached hydrogen (secondary N) is 2. The van der Waals surface area contributed by atoms with Crippen molar-refractivity contribution in [2.75, 3.05) is 17.2 Å². The molecule has 0 bridgehead atoms. The highest BCUT2D eigenvalue weighted by atomic mass is 16.5. The Bertz CT molecular complexity index is 1390. The lowest BCUT2D eigenvalue weighted by Gasteiger charge is -2.14. The number of hydrogen-bond donors (Lipinski definition) is 2. The van der Waals surface area contributed by atoms with E-state index in [9.17, 15) is 4.79 Å². The van der Waals surface area contributed by atoms with Gasteiger partial charge in [-0.05, 0) is 57.0 Å². The van der Waals surface area contributed by atoms with Gasteiger partial charge in [0.15, 0.2) is 11.6 Å². The Labute approximate surface area is 210 Å². The van der Waals surface area contributed by atoms with Gasteiger partial charge in [-0.3, -0.25) is 0 Å². The third-order valence-electron chi connectivity index (χ3n) is 5.27. The van der Waals surface area contributed by atoms with Crippen LogP contribution in [0.1, 0.15) is 30.8 Å². The first-order chi connectivity index (χ1) is 17.4. The first-order valence-electron chi connectivity index (χ1n) is 11.5. The molecule has 0 saturated carbocycles. The second kappa shape index (κ2) is 10.9. The van der Waals surface area contributed by atoms with Crippen LogP contribution in [0.15, 0.2) is 49.2 Å². The number of aromatic nitrogens is 5. The van der Waals surface area contributed by atoms with Crippen molar-refractivity contribution in [3.05, 3.63) is 66.1 Å². The summed E-state index contributed by atoms with van der Waals surface area (Å²) in [4.78, 5) is 30.3. The first-order valence-corrected chi connectivity index (χ1v) is 11.5. The van der Waals surface area contributed by atoms with Gasteiger partial charge in [-0.1, -0.05) is 6.92 Å². The van der Waals surface area contributed by atoms with Gasteiger partial charge in [0.2, 0.25) is 5.88 Å². The Kier molecular flexibility index (Phi) is 7.48. The fraction of sp³-hybridized carbons (Fsp3) is 0.240. The Balaban J connectivity index is 1.53. The lowest BCUT2D eigenvalue weighted by molar-refractivity contribution is 0.262. The molecule has 1 aromatic carbocycles. The zero-order valence-corrected chi connectivity index (χ0v) is 20.6. The number of carbonyl (C=O) groups is 1. The summed E-state index contributed by atoms with van der Waals surface area (Å²) in [6.07, 6.45) is 7.37. The van der Waals surface area contributed by atoms with E-state index in [1.54, 1.807) is 24.8 Å². The molecular weight excluding hydrogens is 457 g/mol. The highest BCUT2D eigenvalue weighted by Gasteiger charge is 2.14. The summed E-state index contributed by atoms with van der Waals surface area (Å²) in [5, 5.41) is 5.74. The van der Waals surface area contributed by atoms with E-state index in [-0.39, 0.29) is 5.88 Å². The van der Waals surface area contributed by atoms with E-state index in [0.29, 0.717) is 47.2 Å². The highest BCUT2D eigenvalue weighted by Crippen LogP contribution is 2.29. The molecule has 36 heavy (non-hydrogen) atoms. The van der Waals surface area contributed by atoms with Gasteiger partial charge in [-0.2, -0.15) is 0 Å². The molecule has 2 amide bonds. The largest absolute Gasteiger partial charge is 0.552 e. The predicted molar refractivity (Wildman–Crippen MR) is 138 cm³/mol. The minimum atomic E-state index is -0.399. The van der Waals surface area contributed by atoms with Crippen LogP contribution in [0.3, 0.4) is 0 Å². The molecule has 4 aromatic rings. The van der Waals surface area contributed by atoms with Crippen molar-refractivity contribution in [1.82, 2.24) is 24.5 Å². The third kappa shape index (κ3) is 5.62. The maximum atomic E-state index is 12.8. The van der Waals surface area contributed by atoms with Crippen molar-refractivity contribution in [3.8, 4) is 28.7 Å². The number of imidazole rings is 1. The zero-order valence-electron chi connectivity index (χ0n) is 20.6. The number of ether oxygens (including phenoxy) is 1. The molecule has 0 spiro atoms. The van der Waals surface area contributed by atoms with E-state index < -0.39 is 6.03 Å². The molecule has 3 heterocycles. The van der Waals surface area contributed by atoms with Gasteiger partial charge in [0.1, 0.15) is 0 Å². The van der Waals surface area contributed by atoms with Crippen LogP contribution < -0.4 is 20.0 Å². The standard InChI is InChI=1S/C25H26BN7O3/c1-5-20-21(12-27-23(31-20)17-9-22(35-6-2)24(36-26)28-11-17)32-25(34)30-18-7-15(3)8-19(10-18)33-13-16(4)29-14-33/h7-14H,5-6H2,1-4H3,(H2,30,32,34). The second-order valence-electron chi connectivity index (χ2n) is 8.04. The van der Waals surface area contributed by atoms with Crippen LogP contribution in [0, 0.1) is 13.8 Å². The normalized spacial score (nSPS) is 10.7. The number of urea groups is 1. The van der Waals surface area contributed by atoms with Crippen molar-refractivity contribution >= 4 is 25.5 Å². The number of nitrogens with zero attached hydrogens (tertiary/aromatic N) is 5. The van der Waals surface area contributed by atoms with E-state index in [1.165, 1.54) is 0 Å². The Hall–Kier alpha value is -4.41. The van der Waals surface area contributed by atoms with Crippen LogP contribution in [-0.4, -0.2) is 45.2 Å². The van der Waals surface area contributed by atoms with Gasteiger partial charge >= 0.3 is 14.1 Å². The molecule has 182 valence electrons. The number of benzene rings is 1. The Morgan fingerprint density at radius 2 is 1.89 bits per heavy atom. The summed E-state index contributed by atoms with van der Waals surface area (Å²) in [6, 6.07) is 7.11. The van der Waals surface area contributed by atoms with Crippen LogP contribution in [-0.2, 0) is 6.42 Å². The number of carbonyl (C=O) groups excluding carboxylic acids is 1. The number of anilines is 2. The fourth-order valence-electron chi connectivity index (χ4n) is 3.66. The van der Waals surface area contributed by atoms with Crippen molar-refractivity contribution < 1.29 is 14.2 Å². The molecule has 0 unspecified atom stereocenters. The molecule has 0 saturated heterocycles. The van der Waals surface area contributed by atoms with E-state index in [1.807, 2.05) is 56.7 Å². The van der Waals surface area contributed by atoms with Gasteiger partial charge in [0, 0.05) is 29.3 Å². The Morgan fingerprint density at radius 3 is 2.58 bits per heavy atom. The lowest BCUT2D eigenvalue weighted by atomic mass is 10.2. The number of rotatable bonds is 8. The zero-order chi connectivity index (χ0) is 25.7. The average Bonchev–Trinajstić information content (AvgIpc) is 3.30. The average molecular weight is 483 g/mol. The first kappa shape index (κ1) is 24.7. The lowest BCUT2D eigenvalue weighted by Crippen LogP contribution is -2.21. The SMILES string of the molecule is [B]Oc1ncc(-c2ncc(NC(=O)Nc3cc(C)cc(-n4cnc(C)c4)c3)c(CC)n2)cc1OCC. The summed E-state index contributed by atoms with van der Waals surface area (Å²) >= 11 is 0. The molecule has 11 heteroatoms. The summed E-state index contributed by atoms with van der Waals surface area (Å²) < 4.78 is 12.2. The topological polar surface area (TPSA) is 116 Å². The predicted octanol–water partition coefficient (Wildman–Crippen LogP) is 4.41. The number of aryl methyl sites for hydroxylation is 3. The second-order valence-corrected chi connectivity index (χ2v) is 8.04. The summed E-state index contributed by atoms with van der Waals surface area (Å²) in [5.41, 5.74) is 5.28. The maximum Gasteiger partial charge on any atom is 0.376 e. The van der Waals surface area contributed by atoms with Crippen molar-refractivity contribution in [2.45, 2.75) is 34.1 Å². The minimum absolute atomic E-state index is 0.175. The molecular formula is C25H26BN7O3. The number of pyridine rings is 1. The van der Waals surface area contributed by atoms with Crippen molar-refractivity contribution in [2.24, 2.45) is 0 Å². The smallest absolute Gasteiger partial charge is 0.376 e. The van der Waals surface area contributed by atoms with Crippen LogP contribution in [0.2, 0.25) is 0 Å². The summed E-state index contributed by atoms with van der Waals surface area (Å²) in [7, 11) is 5.26. The van der Waals surface area contributed by atoms with E-state index in [4.69, 9.17) is 17.4 Å². The molecule has 0 atom stereocenters. The van der Waals surface area contributed by atoms with E-state index >= 15 is 0 Å². The molecule has 4 rings (SSSR count). The molecule has 0 aliphatic rings. The molecule has 10 nitrogen and oxygen atoms in total. The van der Waals surface area contributed by atoms with Gasteiger partial charge in [0.05, 0.1) is 36.2 Å². The van der Waals surface area contributed by atoms with Crippen molar-refractivity contribution in [3.63, 3.8) is 0 Å². The van der Waals surface area contributed by atoms with E-state index in [2.05, 4.69) is 30.6 Å². The van der Waals surface area contributed by atoms with Crippen molar-refractivity contribution in [1.29, 1.82) is 0 Å². The summed E-state index contributed by atoms with van der Waals surface area (Å²) in [5.74, 6) is 1.01. The highest BCUT2D eigenvalue weighted by molar-refractivity contribution is 6.00. The molecule has 2 N–H and O–H groups in total. The van der Waals surface area contributed by atoms with Gasteiger partial charge in [-0.25, -0.2) is 24.7 Å². The van der Waals surface area contributed by atoms with Crippen LogP contribution in [0.5, 0.6) is 11.6 Å². The minimum Gasteiger partial charge on any atom is -0.552 e. The molecule has 0 aliphatic carbocycles. The monoisotopic (exact) mass is 483 g/mol. The van der Waals surface area contributed by atoms with Crippen LogP contribution in [0.25, 0.3) is 17.1 Å². The molecule has 0 aliphatic heterocycles. The third-order valence-corrected chi connectivity index (χ3v) is 5.27. The molecule has 0 fully saturated rings. The molecule has 2 radical (unpaired) electrons. The number of amides is 2. The van der Waals surface area contributed by atoms with Crippen LogP contribution >= 0.6 is 0 Å². The van der Waals surface area contributed by atoms with Gasteiger partial charge in [0.25, 0.3) is 0 Å². The fourth-order valence-corrected chi connectivity index (χ4v) is 3.66. The molecule has 3 aromatic heterocycles. The number of hydrogen-bond acceptors (Lipinski definition) is 7. The maximum absolute atomic E-state index is 12.8. The summed E-state index contributed by atoms with van der Waals surface area (Å²) in [6.45, 7) is 8.11. The van der Waals surface area contributed by atoms with Gasteiger partial charge in [-0.15, -0.1) is 0 Å². The van der Waals surface area contributed by atoms with E-state index in [0.717, 1.165) is 16.9 Å². The van der Waals surface area contributed by atoms with Gasteiger partial charge < -0.3 is 24.6 Å².